The molecule has 3 rings (SSSR count). The maximum absolute atomic E-state index is 12.8. The summed E-state index contributed by atoms with van der Waals surface area (Å²) in [5, 5.41) is 0. The van der Waals surface area contributed by atoms with Crippen molar-refractivity contribution in [3.05, 3.63) is 60.2 Å². The van der Waals surface area contributed by atoms with Crippen molar-refractivity contribution in [1.29, 1.82) is 0 Å². The van der Waals surface area contributed by atoms with Gasteiger partial charge in [0.2, 0.25) is 26.0 Å². The molecular weight excluding hydrogens is 400 g/mol. The fourth-order valence-corrected chi connectivity index (χ4v) is 6.39. The van der Waals surface area contributed by atoms with Gasteiger partial charge in [0.05, 0.1) is 21.8 Å². The molecule has 1 heterocycles. The quantitative estimate of drug-likeness (QED) is 0.737. The molecule has 0 bridgehead atoms. The minimum atomic E-state index is -3.78. The van der Waals surface area contributed by atoms with E-state index in [1.807, 2.05) is 30.3 Å². The van der Waals surface area contributed by atoms with E-state index in [1.165, 1.54) is 35.6 Å². The van der Waals surface area contributed by atoms with Gasteiger partial charge >= 0.3 is 0 Å². The number of hydrogen-bond donors (Lipinski definition) is 0. The molecule has 2 aromatic carbocycles. The Morgan fingerprint density at radius 1 is 1.04 bits per heavy atom. The molecule has 28 heavy (non-hydrogen) atoms. The number of hydrogen-bond acceptors (Lipinski definition) is 5. The van der Waals surface area contributed by atoms with Gasteiger partial charge in [0.15, 0.2) is 0 Å². The Hall–Kier alpha value is -2.23. The first kappa shape index (κ1) is 20.5. The lowest BCUT2D eigenvalue weighted by Crippen LogP contribution is -2.33. The van der Waals surface area contributed by atoms with E-state index in [0.29, 0.717) is 0 Å². The molecule has 0 atom stereocenters. The van der Waals surface area contributed by atoms with Crippen LogP contribution in [0.5, 0.6) is 0 Å². The molecular formula is C19H22N2O5S2. The highest BCUT2D eigenvalue weighted by Gasteiger charge is 2.49. The number of nitrogens with zero attached hydrogens (tertiary/aromatic N) is 2. The number of carbonyl (C=O) groups excluding carboxylic acids is 1. The van der Waals surface area contributed by atoms with Crippen LogP contribution in [0.1, 0.15) is 19.4 Å². The Morgan fingerprint density at radius 2 is 1.61 bits per heavy atom. The molecule has 0 spiro atoms. The summed E-state index contributed by atoms with van der Waals surface area (Å²) in [7, 11) is -6.06. The van der Waals surface area contributed by atoms with Crippen molar-refractivity contribution in [3.63, 3.8) is 0 Å². The zero-order valence-electron chi connectivity index (χ0n) is 15.9. The van der Waals surface area contributed by atoms with E-state index < -0.39 is 31.4 Å². The molecule has 0 aromatic heterocycles. The van der Waals surface area contributed by atoms with Crippen molar-refractivity contribution in [1.82, 2.24) is 4.31 Å². The van der Waals surface area contributed by atoms with Gasteiger partial charge in [-0.2, -0.15) is 4.31 Å². The molecule has 9 heteroatoms. The van der Waals surface area contributed by atoms with Crippen molar-refractivity contribution in [2.24, 2.45) is 5.41 Å². The Balaban J connectivity index is 1.87. The van der Waals surface area contributed by atoms with Crippen LogP contribution < -0.4 is 4.31 Å². The van der Waals surface area contributed by atoms with Crippen LogP contribution in [0.2, 0.25) is 0 Å². The van der Waals surface area contributed by atoms with Gasteiger partial charge in [0.1, 0.15) is 0 Å². The third-order valence-corrected chi connectivity index (χ3v) is 8.45. The Bertz CT molecular complexity index is 1090. The van der Waals surface area contributed by atoms with Crippen molar-refractivity contribution < 1.29 is 21.6 Å². The highest BCUT2D eigenvalue weighted by Crippen LogP contribution is 2.36. The van der Waals surface area contributed by atoms with Gasteiger partial charge in [-0.25, -0.2) is 21.1 Å². The fraction of sp³-hybridized carbons (Fsp3) is 0.316. The summed E-state index contributed by atoms with van der Waals surface area (Å²) in [5.74, 6) is -0.803. The minimum absolute atomic E-state index is 0.0259. The maximum atomic E-state index is 12.8. The summed E-state index contributed by atoms with van der Waals surface area (Å²) in [6.07, 6.45) is 0. The molecule has 0 aliphatic carbocycles. The third kappa shape index (κ3) is 3.69. The zero-order chi connectivity index (χ0) is 20.7. The van der Waals surface area contributed by atoms with Gasteiger partial charge in [-0.3, -0.25) is 4.79 Å². The van der Waals surface area contributed by atoms with Crippen molar-refractivity contribution in [2.45, 2.75) is 25.3 Å². The first-order valence-corrected chi connectivity index (χ1v) is 11.7. The highest BCUT2D eigenvalue weighted by molar-refractivity contribution is 7.94. The van der Waals surface area contributed by atoms with Crippen molar-refractivity contribution in [2.75, 3.05) is 17.1 Å². The minimum Gasteiger partial charge on any atom is -0.273 e. The van der Waals surface area contributed by atoms with Crippen LogP contribution in [0, 0.1) is 5.41 Å². The van der Waals surface area contributed by atoms with E-state index >= 15 is 0 Å². The first-order chi connectivity index (χ1) is 12.9. The van der Waals surface area contributed by atoms with Crippen LogP contribution in [0.25, 0.3) is 0 Å². The summed E-state index contributed by atoms with van der Waals surface area (Å²) in [4.78, 5) is 12.5. The monoisotopic (exact) mass is 422 g/mol. The van der Waals surface area contributed by atoms with Crippen LogP contribution in [-0.2, 0) is 31.4 Å². The number of anilines is 1. The molecule has 1 aliphatic heterocycles. The van der Waals surface area contributed by atoms with Gasteiger partial charge in [-0.15, -0.1) is 0 Å². The average Bonchev–Trinajstić information content (AvgIpc) is 2.78. The largest absolute Gasteiger partial charge is 0.273 e. The summed E-state index contributed by atoms with van der Waals surface area (Å²) in [6.45, 7) is 3.35. The smallest absolute Gasteiger partial charge is 0.247 e. The number of carbonyl (C=O) groups is 1. The molecule has 1 fully saturated rings. The lowest BCUT2D eigenvalue weighted by Gasteiger charge is -2.19. The SMILES string of the molecule is CN(Cc1ccccc1)S(=O)(=O)c1ccc(N2C(=O)C(C)(C)CS2(=O)=O)cc1. The first-order valence-electron chi connectivity index (χ1n) is 8.63. The molecule has 0 radical (unpaired) electrons. The Labute approximate surface area is 165 Å². The van der Waals surface area contributed by atoms with Crippen LogP contribution in [-0.4, -0.2) is 39.8 Å². The fourth-order valence-electron chi connectivity index (χ4n) is 3.12. The van der Waals surface area contributed by atoms with E-state index in [-0.39, 0.29) is 22.9 Å². The van der Waals surface area contributed by atoms with E-state index in [9.17, 15) is 21.6 Å². The topological polar surface area (TPSA) is 91.8 Å². The Kier molecular flexibility index (Phi) is 5.11. The molecule has 1 aliphatic rings. The number of sulfonamides is 2. The number of rotatable bonds is 5. The molecule has 2 aromatic rings. The zero-order valence-corrected chi connectivity index (χ0v) is 17.5. The van der Waals surface area contributed by atoms with E-state index in [0.717, 1.165) is 9.87 Å². The van der Waals surface area contributed by atoms with Gasteiger partial charge in [-0.05, 0) is 43.7 Å². The molecule has 150 valence electrons. The predicted octanol–water partition coefficient (Wildman–Crippen LogP) is 2.21. The molecule has 1 saturated heterocycles. The molecule has 7 nitrogen and oxygen atoms in total. The van der Waals surface area contributed by atoms with Crippen molar-refractivity contribution in [3.8, 4) is 0 Å². The van der Waals surface area contributed by atoms with E-state index in [2.05, 4.69) is 0 Å². The average molecular weight is 423 g/mol. The second-order valence-corrected chi connectivity index (χ2v) is 11.3. The molecule has 0 N–H and O–H groups in total. The Morgan fingerprint density at radius 3 is 2.11 bits per heavy atom. The standard InChI is InChI=1S/C19H22N2O5S2/c1-19(2)14-27(23,24)21(18(19)22)16-9-11-17(12-10-16)28(25,26)20(3)13-15-7-5-4-6-8-15/h4-12H,13-14H2,1-3H3. The number of amides is 1. The number of benzene rings is 2. The molecule has 1 amide bonds. The lowest BCUT2D eigenvalue weighted by molar-refractivity contribution is -0.123. The highest BCUT2D eigenvalue weighted by atomic mass is 32.2. The van der Waals surface area contributed by atoms with Gasteiger partial charge in [0, 0.05) is 13.6 Å². The summed E-state index contributed by atoms with van der Waals surface area (Å²) < 4.78 is 52.3. The third-order valence-electron chi connectivity index (χ3n) is 4.61. The molecule has 0 unspecified atom stereocenters. The van der Waals surface area contributed by atoms with Crippen LogP contribution in [0.3, 0.4) is 0 Å². The van der Waals surface area contributed by atoms with Crippen LogP contribution >= 0.6 is 0 Å². The maximum Gasteiger partial charge on any atom is 0.247 e. The van der Waals surface area contributed by atoms with Gasteiger partial charge in [0.25, 0.3) is 0 Å². The second-order valence-electron chi connectivity index (χ2n) is 7.45. The van der Waals surface area contributed by atoms with Gasteiger partial charge in [-0.1, -0.05) is 30.3 Å². The van der Waals surface area contributed by atoms with Crippen molar-refractivity contribution >= 4 is 31.6 Å². The molecule has 0 saturated carbocycles. The van der Waals surface area contributed by atoms with Crippen LogP contribution in [0.4, 0.5) is 5.69 Å². The summed E-state index contributed by atoms with van der Waals surface area (Å²) >= 11 is 0. The van der Waals surface area contributed by atoms with E-state index in [4.69, 9.17) is 0 Å². The summed E-state index contributed by atoms with van der Waals surface area (Å²) in [6, 6.07) is 14.5. The van der Waals surface area contributed by atoms with E-state index in [1.54, 1.807) is 13.8 Å². The normalized spacial score (nSPS) is 18.6. The second kappa shape index (κ2) is 6.98. The lowest BCUT2D eigenvalue weighted by atomic mass is 9.95. The predicted molar refractivity (Wildman–Crippen MR) is 107 cm³/mol. The van der Waals surface area contributed by atoms with Crippen LogP contribution in [0.15, 0.2) is 59.5 Å². The summed E-state index contributed by atoms with van der Waals surface area (Å²) in [5.41, 5.74) is -0.0270. The van der Waals surface area contributed by atoms with Gasteiger partial charge < -0.3 is 0 Å².